The van der Waals surface area contributed by atoms with E-state index in [1.165, 1.54) is 5.56 Å². The molecule has 7 aromatic heterocycles. The molecule has 13 heterocycles. The Morgan fingerprint density at radius 3 is 0.865 bits per heavy atom. The molecule has 16 heteroatoms. The van der Waals surface area contributed by atoms with Crippen molar-refractivity contribution in [1.82, 2.24) is 39.4 Å². The van der Waals surface area contributed by atoms with Gasteiger partial charge in [0.1, 0.15) is 17.2 Å². The Balaban J connectivity index is 0.654. The van der Waals surface area contributed by atoms with Crippen LogP contribution in [0.2, 0.25) is 0 Å². The van der Waals surface area contributed by atoms with E-state index in [1.54, 1.807) is 42.7 Å². The van der Waals surface area contributed by atoms with Gasteiger partial charge in [0.15, 0.2) is 11.6 Å². The molecule has 606 valence electrons. The highest BCUT2D eigenvalue weighted by molar-refractivity contribution is 7.24. The van der Waals surface area contributed by atoms with Gasteiger partial charge in [0.2, 0.25) is 0 Å². The fourth-order valence-electron chi connectivity index (χ4n) is 18.0. The molecular formula is C110H80BF2N9O3S. The normalized spacial score (nSPS) is 13.4. The Hall–Kier alpha value is -15.6. The summed E-state index contributed by atoms with van der Waals surface area (Å²) in [5, 5.41) is 0. The molecule has 126 heavy (non-hydrogen) atoms. The van der Waals surface area contributed by atoms with Gasteiger partial charge in [-0.25, -0.2) is 19.9 Å². The van der Waals surface area contributed by atoms with Crippen LogP contribution in [-0.4, -0.2) is 63.8 Å². The number of allylic oxidation sites excluding steroid dienone is 1. The van der Waals surface area contributed by atoms with E-state index >= 15 is 8.63 Å². The van der Waals surface area contributed by atoms with Gasteiger partial charge < -0.3 is 42.3 Å². The van der Waals surface area contributed by atoms with Crippen LogP contribution in [0.25, 0.3) is 186 Å². The molecule has 6 aliphatic rings. The van der Waals surface area contributed by atoms with Crippen molar-refractivity contribution in [2.45, 2.75) is 41.5 Å². The summed E-state index contributed by atoms with van der Waals surface area (Å²) < 4.78 is 60.8. The lowest BCUT2D eigenvalue weighted by atomic mass is 9.86. The first-order chi connectivity index (χ1) is 61.5. The fourth-order valence-corrected chi connectivity index (χ4v) is 19.2. The van der Waals surface area contributed by atoms with E-state index in [-0.39, 0.29) is 23.2 Å². The summed E-state index contributed by atoms with van der Waals surface area (Å²) in [4.78, 5) is 33.9. The molecule has 9 aromatic carbocycles. The molecule has 16 aromatic rings. The van der Waals surface area contributed by atoms with Crippen molar-refractivity contribution < 1.29 is 27.3 Å². The first kappa shape index (κ1) is 76.5. The number of ether oxygens (including phenoxy) is 3. The molecule has 0 unspecified atom stereocenters. The van der Waals surface area contributed by atoms with E-state index < -0.39 is 6.97 Å². The summed E-state index contributed by atoms with van der Waals surface area (Å²) in [5.41, 5.74) is 35.4. The van der Waals surface area contributed by atoms with Crippen molar-refractivity contribution in [3.63, 3.8) is 0 Å². The third-order valence-electron chi connectivity index (χ3n) is 24.4. The minimum atomic E-state index is -4.76. The Morgan fingerprint density at radius 2 is 0.556 bits per heavy atom. The van der Waals surface area contributed by atoms with E-state index in [0.717, 1.165) is 208 Å². The SMILES string of the molecule is COc1ccc(C2=C3C=CC(Oc4ccc(-c5c6nc(c(-c7ccc(C)cc7)c7ccc([nH]7)c(-c7ccc(C)cc7)c7nc(c(-c8ccc(C)cc8)c8ccc5s8)C=C7)C=C6)cc4)=[N+]3[B-](F)(F)n3c(Oc4ccc(-c5c6nc(c(-c7ccc(C)cc7)c7ccc([nH]7)c(-c7ccc(C)cc7)c7nc(c(-c8ccc(C)cc8)c8ccc5[nH]8)C=C7)C=C6)cc4)ccc32)cc1. The minimum absolute atomic E-state index is 0.0703. The number of methoxy groups -OCH3 is 1. The van der Waals surface area contributed by atoms with E-state index in [2.05, 4.69) is 299 Å². The number of thiophene rings is 1. The zero-order valence-corrected chi connectivity index (χ0v) is 70.8. The second-order valence-corrected chi connectivity index (χ2v) is 34.0. The van der Waals surface area contributed by atoms with Crippen LogP contribution in [0.15, 0.2) is 297 Å². The number of H-pyrrole nitrogens is 3. The van der Waals surface area contributed by atoms with Crippen LogP contribution < -0.4 is 14.2 Å². The summed E-state index contributed by atoms with van der Waals surface area (Å²) in [6.45, 7) is 7.83. The fraction of sp³-hybridized carbons (Fsp3) is 0.0636. The topological polar surface area (TPSA) is 135 Å². The largest absolute Gasteiger partial charge is 0.742 e. The third kappa shape index (κ3) is 13.7. The lowest BCUT2D eigenvalue weighted by molar-refractivity contribution is -0.370. The molecule has 0 fully saturated rings. The number of aromatic amines is 3. The van der Waals surface area contributed by atoms with E-state index in [9.17, 15) is 0 Å². The highest BCUT2D eigenvalue weighted by Gasteiger charge is 2.56. The molecule has 6 aliphatic heterocycles. The zero-order chi connectivity index (χ0) is 85.2. The van der Waals surface area contributed by atoms with Crippen molar-refractivity contribution in [2.24, 2.45) is 0 Å². The van der Waals surface area contributed by atoms with Crippen LogP contribution >= 0.6 is 11.3 Å². The van der Waals surface area contributed by atoms with Crippen LogP contribution in [-0.2, 0) is 0 Å². The highest BCUT2D eigenvalue weighted by atomic mass is 32.1. The maximum atomic E-state index is 18.8. The molecule has 0 spiro atoms. The lowest BCUT2D eigenvalue weighted by Crippen LogP contribution is -2.51. The number of fused-ring (bicyclic) bond motifs is 18. The molecule has 0 amide bonds. The van der Waals surface area contributed by atoms with Gasteiger partial charge in [-0.1, -0.05) is 215 Å². The van der Waals surface area contributed by atoms with Gasteiger partial charge in [-0.05, 0) is 237 Å². The number of benzene rings is 9. The van der Waals surface area contributed by atoms with Crippen LogP contribution in [0.4, 0.5) is 8.63 Å². The van der Waals surface area contributed by atoms with Crippen LogP contribution in [0.1, 0.15) is 90.2 Å². The molecule has 3 N–H and O–H groups in total. The number of nitrogens with zero attached hydrogens (tertiary/aromatic N) is 6. The van der Waals surface area contributed by atoms with Crippen LogP contribution in [0.3, 0.4) is 0 Å². The van der Waals surface area contributed by atoms with Crippen molar-refractivity contribution in [3.8, 4) is 112 Å². The Kier molecular flexibility index (Phi) is 18.7. The van der Waals surface area contributed by atoms with Gasteiger partial charge in [0.25, 0.3) is 0 Å². The van der Waals surface area contributed by atoms with E-state index in [1.807, 2.05) is 72.8 Å². The predicted molar refractivity (Wildman–Crippen MR) is 515 cm³/mol. The average molecular weight is 1660 g/mol. The number of nitrogens with one attached hydrogen (secondary N) is 3. The smallest absolute Gasteiger partial charge is 0.497 e. The van der Waals surface area contributed by atoms with Crippen LogP contribution in [0.5, 0.6) is 23.1 Å². The lowest BCUT2D eigenvalue weighted by Gasteiger charge is -2.32. The van der Waals surface area contributed by atoms with Crippen LogP contribution in [0, 0.1) is 41.5 Å². The third-order valence-corrected chi connectivity index (χ3v) is 25.5. The van der Waals surface area contributed by atoms with E-state index in [4.69, 9.17) is 34.1 Å². The minimum Gasteiger partial charge on any atom is -0.497 e. The predicted octanol–water partition coefficient (Wildman–Crippen LogP) is 28.2. The van der Waals surface area contributed by atoms with Crippen molar-refractivity contribution in [3.05, 3.63) is 387 Å². The maximum absolute atomic E-state index is 18.8. The molecule has 0 radical (unpaired) electrons. The second-order valence-electron chi connectivity index (χ2n) is 32.9. The number of aromatic nitrogens is 8. The number of aryl methyl sites for hydroxylation is 6. The van der Waals surface area contributed by atoms with Gasteiger partial charge >= 0.3 is 12.9 Å². The van der Waals surface area contributed by atoms with Gasteiger partial charge in [0, 0.05) is 98.8 Å². The molecule has 0 atom stereocenters. The summed E-state index contributed by atoms with van der Waals surface area (Å²) in [6, 6.07) is 94.7. The Labute approximate surface area is 730 Å². The average Bonchev–Trinajstić information content (AvgIpc) is 1.53. The summed E-state index contributed by atoms with van der Waals surface area (Å²) in [7, 11) is 1.60. The molecule has 0 saturated carbocycles. The number of hydrogen-bond acceptors (Lipinski definition) is 8. The molecule has 0 saturated heterocycles. The molecule has 22 rings (SSSR count). The Morgan fingerprint density at radius 1 is 0.286 bits per heavy atom. The standard InChI is InChI=1S/C110H80BF2N9O3S/c1-64-8-20-70(21-9-64)102-82-44-46-84(114-82)103(71-22-10-65(2)11-23-71)86-50-52-90(117-86)107(91-53-51-87(118-91)104(85-47-45-83(102)115-85)72-24-12-66(3)13-25-72)75-34-40-80(41-35-75)124-100-62-58-96-110(78-32-38-79(123-7)39-33-78)97-59-63-101(122(97)111(112,113)121(96)100)125-81-42-36-77(37-43-81)109-95-57-55-93(120-95)106(74-28-16-68(5)17-29-74)89-49-48-88(116-89)105(73-26-14-67(4)15-27-73)92-54-56-94(119-92)108(98-60-61-99(109)126-98)76-30-18-69(6)19-31-76/h8-63,114,116,118H,1-7H3. The van der Waals surface area contributed by atoms with E-state index in [0.29, 0.717) is 34.1 Å². The monoisotopic (exact) mass is 1660 g/mol. The molecule has 16 bridgehead atoms. The van der Waals surface area contributed by atoms with Gasteiger partial charge in [-0.2, -0.15) is 0 Å². The number of hydrogen-bond donors (Lipinski definition) is 3. The molecule has 0 aliphatic carbocycles. The van der Waals surface area contributed by atoms with Gasteiger partial charge in [-0.15, -0.1) is 11.3 Å². The first-order valence-corrected chi connectivity index (χ1v) is 43.0. The number of rotatable bonds is 13. The quantitative estimate of drug-likeness (QED) is 0.0979. The number of halogens is 2. The summed E-state index contributed by atoms with van der Waals surface area (Å²) in [5.74, 6) is 1.15. The second kappa shape index (κ2) is 30.7. The van der Waals surface area contributed by atoms with Crippen molar-refractivity contribution in [2.75, 3.05) is 7.11 Å². The van der Waals surface area contributed by atoms with Gasteiger partial charge in [0.05, 0.1) is 64.3 Å². The van der Waals surface area contributed by atoms with Crippen molar-refractivity contribution in [1.29, 1.82) is 0 Å². The summed E-state index contributed by atoms with van der Waals surface area (Å²) in [6.07, 6.45) is 20.1. The molecular weight excluding hydrogens is 1580 g/mol. The van der Waals surface area contributed by atoms with Crippen molar-refractivity contribution >= 4 is 121 Å². The molecule has 12 nitrogen and oxygen atoms in total. The first-order valence-electron chi connectivity index (χ1n) is 42.2. The Bertz CT molecular complexity index is 7730. The highest BCUT2D eigenvalue weighted by Crippen LogP contribution is 2.48. The zero-order valence-electron chi connectivity index (χ0n) is 70.0. The maximum Gasteiger partial charge on any atom is 0.742 e. The summed E-state index contributed by atoms with van der Waals surface area (Å²) >= 11 is 1.67. The van der Waals surface area contributed by atoms with Gasteiger partial charge in [-0.3, -0.25) is 4.49 Å².